The van der Waals surface area contributed by atoms with Gasteiger partial charge in [0.05, 0.1) is 5.75 Å². The summed E-state index contributed by atoms with van der Waals surface area (Å²) >= 11 is 0. The Kier molecular flexibility index (Phi) is 7.48. The second-order valence-corrected chi connectivity index (χ2v) is 10.2. The summed E-state index contributed by atoms with van der Waals surface area (Å²) in [5.74, 6) is 0.0602. The molecule has 6 nitrogen and oxygen atoms in total. The normalized spacial score (nSPS) is 20.2. The van der Waals surface area contributed by atoms with Crippen LogP contribution in [0, 0.1) is 5.92 Å². The monoisotopic (exact) mass is 407 g/mol. The maximum Gasteiger partial charge on any atom is 0.223 e. The highest BCUT2D eigenvalue weighted by atomic mass is 32.2. The highest BCUT2D eigenvalue weighted by molar-refractivity contribution is 7.89. The van der Waals surface area contributed by atoms with E-state index in [0.29, 0.717) is 32.5 Å². The first kappa shape index (κ1) is 21.3. The van der Waals surface area contributed by atoms with Crippen molar-refractivity contribution in [3.05, 3.63) is 35.4 Å². The van der Waals surface area contributed by atoms with Crippen LogP contribution in [0.5, 0.6) is 0 Å². The molecule has 28 heavy (non-hydrogen) atoms. The number of rotatable bonds is 7. The molecule has 2 fully saturated rings. The number of piperidine rings is 2. The van der Waals surface area contributed by atoms with Gasteiger partial charge in [0, 0.05) is 32.1 Å². The van der Waals surface area contributed by atoms with Crippen molar-refractivity contribution in [1.29, 1.82) is 0 Å². The Morgan fingerprint density at radius 1 is 1.00 bits per heavy atom. The Bertz CT molecular complexity index is 735. The highest BCUT2D eigenvalue weighted by Crippen LogP contribution is 2.20. The van der Waals surface area contributed by atoms with Gasteiger partial charge in [0.2, 0.25) is 15.9 Å². The van der Waals surface area contributed by atoms with Crippen LogP contribution < -0.4 is 5.32 Å². The molecule has 2 heterocycles. The number of hydrogen-bond donors (Lipinski definition) is 1. The van der Waals surface area contributed by atoms with Crippen LogP contribution in [-0.2, 0) is 27.9 Å². The zero-order chi connectivity index (χ0) is 20.0. The average Bonchev–Trinajstić information content (AvgIpc) is 2.74. The molecular weight excluding hydrogens is 374 g/mol. The number of sulfonamides is 1. The average molecular weight is 408 g/mol. The predicted octanol–water partition coefficient (Wildman–Crippen LogP) is 2.35. The summed E-state index contributed by atoms with van der Waals surface area (Å²) in [7, 11) is -3.14. The molecule has 0 aliphatic carbocycles. The first-order valence-electron chi connectivity index (χ1n) is 10.5. The van der Waals surface area contributed by atoms with E-state index in [2.05, 4.69) is 34.5 Å². The van der Waals surface area contributed by atoms with Crippen molar-refractivity contribution in [2.24, 2.45) is 5.92 Å². The van der Waals surface area contributed by atoms with E-state index < -0.39 is 10.0 Å². The smallest absolute Gasteiger partial charge is 0.223 e. The predicted molar refractivity (Wildman–Crippen MR) is 111 cm³/mol. The summed E-state index contributed by atoms with van der Waals surface area (Å²) < 4.78 is 25.3. The van der Waals surface area contributed by atoms with Gasteiger partial charge in [0.1, 0.15) is 0 Å². The molecule has 1 aromatic rings. The molecule has 2 aliphatic rings. The van der Waals surface area contributed by atoms with Gasteiger partial charge in [-0.05, 0) is 56.8 Å². The second-order valence-electron chi connectivity index (χ2n) is 7.94. The van der Waals surface area contributed by atoms with Crippen LogP contribution in [0.4, 0.5) is 0 Å². The topological polar surface area (TPSA) is 69.7 Å². The minimum Gasteiger partial charge on any atom is -0.352 e. The maximum atomic E-state index is 12.4. The summed E-state index contributed by atoms with van der Waals surface area (Å²) in [4.78, 5) is 14.9. The Balaban J connectivity index is 1.42. The van der Waals surface area contributed by atoms with Gasteiger partial charge in [-0.3, -0.25) is 9.69 Å². The van der Waals surface area contributed by atoms with Gasteiger partial charge in [-0.15, -0.1) is 0 Å². The first-order valence-corrected chi connectivity index (χ1v) is 12.1. The molecule has 3 rings (SSSR count). The van der Waals surface area contributed by atoms with E-state index in [1.165, 1.54) is 42.2 Å². The van der Waals surface area contributed by atoms with Gasteiger partial charge in [-0.25, -0.2) is 12.7 Å². The third-order valence-corrected chi connectivity index (χ3v) is 7.81. The molecule has 2 saturated heterocycles. The van der Waals surface area contributed by atoms with Gasteiger partial charge in [-0.2, -0.15) is 0 Å². The highest BCUT2D eigenvalue weighted by Gasteiger charge is 2.29. The van der Waals surface area contributed by atoms with E-state index in [0.717, 1.165) is 12.1 Å². The first-order chi connectivity index (χ1) is 13.5. The van der Waals surface area contributed by atoms with E-state index in [9.17, 15) is 13.2 Å². The molecule has 0 atom stereocenters. The third kappa shape index (κ3) is 5.78. The number of benzene rings is 1. The van der Waals surface area contributed by atoms with Crippen molar-refractivity contribution in [3.63, 3.8) is 0 Å². The standard InChI is InChI=1S/C21H33N3O3S/c1-2-28(26,27)24-14-10-20(11-15-24)21(25)22-16-18-6-8-19(9-7-18)17-23-12-4-3-5-13-23/h6-9,20H,2-5,10-17H2,1H3,(H,22,25). The Morgan fingerprint density at radius 2 is 1.61 bits per heavy atom. The molecule has 0 bridgehead atoms. The fourth-order valence-electron chi connectivity index (χ4n) is 4.05. The number of carbonyl (C=O) groups is 1. The molecule has 7 heteroatoms. The van der Waals surface area contributed by atoms with Crippen LogP contribution in [0.15, 0.2) is 24.3 Å². The Morgan fingerprint density at radius 3 is 2.21 bits per heavy atom. The molecule has 0 unspecified atom stereocenters. The quantitative estimate of drug-likeness (QED) is 0.753. The van der Waals surface area contributed by atoms with E-state index in [4.69, 9.17) is 0 Å². The van der Waals surface area contributed by atoms with Crippen molar-refractivity contribution < 1.29 is 13.2 Å². The van der Waals surface area contributed by atoms with Crippen molar-refractivity contribution in [2.75, 3.05) is 31.9 Å². The SMILES string of the molecule is CCS(=O)(=O)N1CCC(C(=O)NCc2ccc(CN3CCCCC3)cc2)CC1. The van der Waals surface area contributed by atoms with E-state index in [1.807, 2.05) is 0 Å². The summed E-state index contributed by atoms with van der Waals surface area (Å²) in [5.41, 5.74) is 2.42. The van der Waals surface area contributed by atoms with Crippen LogP contribution in [0.25, 0.3) is 0 Å². The molecule has 0 spiro atoms. The van der Waals surface area contributed by atoms with E-state index in [-0.39, 0.29) is 17.6 Å². The van der Waals surface area contributed by atoms with E-state index in [1.54, 1.807) is 6.92 Å². The van der Waals surface area contributed by atoms with Crippen molar-refractivity contribution in [2.45, 2.75) is 52.1 Å². The van der Waals surface area contributed by atoms with Crippen LogP contribution in [0.1, 0.15) is 50.2 Å². The number of amides is 1. The van der Waals surface area contributed by atoms with Crippen LogP contribution in [-0.4, -0.2) is 55.5 Å². The lowest BCUT2D eigenvalue weighted by molar-refractivity contribution is -0.126. The fraction of sp³-hybridized carbons (Fsp3) is 0.667. The number of hydrogen-bond acceptors (Lipinski definition) is 4. The Labute approximate surface area is 169 Å². The zero-order valence-electron chi connectivity index (χ0n) is 16.9. The lowest BCUT2D eigenvalue weighted by atomic mass is 9.97. The van der Waals surface area contributed by atoms with Crippen molar-refractivity contribution >= 4 is 15.9 Å². The lowest BCUT2D eigenvalue weighted by Gasteiger charge is -2.30. The molecular formula is C21H33N3O3S. The van der Waals surface area contributed by atoms with Gasteiger partial charge >= 0.3 is 0 Å². The fourth-order valence-corrected chi connectivity index (χ4v) is 5.18. The van der Waals surface area contributed by atoms with Crippen LogP contribution >= 0.6 is 0 Å². The minimum absolute atomic E-state index is 0.0333. The largest absolute Gasteiger partial charge is 0.352 e. The molecule has 0 aromatic heterocycles. The molecule has 1 aromatic carbocycles. The summed E-state index contributed by atoms with van der Waals surface area (Å²) in [6, 6.07) is 8.50. The lowest BCUT2D eigenvalue weighted by Crippen LogP contribution is -2.43. The molecule has 1 amide bonds. The summed E-state index contributed by atoms with van der Waals surface area (Å²) in [5, 5.41) is 3.02. The van der Waals surface area contributed by atoms with Crippen LogP contribution in [0.2, 0.25) is 0 Å². The van der Waals surface area contributed by atoms with E-state index >= 15 is 0 Å². The number of nitrogens with one attached hydrogen (secondary N) is 1. The van der Waals surface area contributed by atoms with Crippen molar-refractivity contribution in [1.82, 2.24) is 14.5 Å². The Hall–Kier alpha value is -1.44. The van der Waals surface area contributed by atoms with Gasteiger partial charge in [0.15, 0.2) is 0 Å². The molecule has 0 radical (unpaired) electrons. The minimum atomic E-state index is -3.14. The van der Waals surface area contributed by atoms with Gasteiger partial charge in [0.25, 0.3) is 0 Å². The summed E-state index contributed by atoms with van der Waals surface area (Å²) in [6.45, 7) is 6.46. The molecule has 156 valence electrons. The second kappa shape index (κ2) is 9.85. The van der Waals surface area contributed by atoms with Crippen molar-refractivity contribution in [3.8, 4) is 0 Å². The zero-order valence-corrected chi connectivity index (χ0v) is 17.7. The molecule has 0 saturated carbocycles. The maximum absolute atomic E-state index is 12.4. The number of likely N-dealkylation sites (tertiary alicyclic amines) is 1. The third-order valence-electron chi connectivity index (χ3n) is 5.93. The summed E-state index contributed by atoms with van der Waals surface area (Å²) in [6.07, 6.45) is 5.14. The molecule has 1 N–H and O–H groups in total. The van der Waals surface area contributed by atoms with Gasteiger partial charge < -0.3 is 5.32 Å². The number of carbonyl (C=O) groups excluding carboxylic acids is 1. The van der Waals surface area contributed by atoms with Crippen LogP contribution in [0.3, 0.4) is 0 Å². The van der Waals surface area contributed by atoms with Gasteiger partial charge in [-0.1, -0.05) is 30.7 Å². The molecule has 2 aliphatic heterocycles. The number of nitrogens with zero attached hydrogens (tertiary/aromatic N) is 2.